The summed E-state index contributed by atoms with van der Waals surface area (Å²) in [5.74, 6) is 0.617. The van der Waals surface area contributed by atoms with Crippen LogP contribution in [0, 0.1) is 0 Å². The third-order valence-corrected chi connectivity index (χ3v) is 5.00. The number of amides is 1. The van der Waals surface area contributed by atoms with Gasteiger partial charge in [-0.15, -0.1) is 0 Å². The number of carbonyl (C=O) groups is 1. The van der Waals surface area contributed by atoms with Crippen LogP contribution in [0.3, 0.4) is 0 Å². The molecule has 6 nitrogen and oxygen atoms in total. The Bertz CT molecular complexity index is 838. The summed E-state index contributed by atoms with van der Waals surface area (Å²) < 4.78 is 11.6. The SMILES string of the molecule is O=C(NCc1ccco1)c1ccc2nc(N3CCOCC3)sc2c1. The Hall–Kier alpha value is -2.38. The van der Waals surface area contributed by atoms with Crippen molar-refractivity contribution in [2.75, 3.05) is 31.2 Å². The summed E-state index contributed by atoms with van der Waals surface area (Å²) in [5.41, 5.74) is 1.55. The maximum absolute atomic E-state index is 12.3. The average molecular weight is 343 g/mol. The molecule has 0 unspecified atom stereocenters. The molecule has 1 aromatic carbocycles. The fraction of sp³-hybridized carbons (Fsp3) is 0.294. The summed E-state index contributed by atoms with van der Waals surface area (Å²) in [6.45, 7) is 3.56. The molecule has 1 fully saturated rings. The molecule has 3 heterocycles. The number of thiazole rings is 1. The minimum Gasteiger partial charge on any atom is -0.467 e. The predicted octanol–water partition coefficient (Wildman–Crippen LogP) is 2.66. The van der Waals surface area contributed by atoms with Gasteiger partial charge in [0, 0.05) is 18.7 Å². The third-order valence-electron chi connectivity index (χ3n) is 3.92. The largest absolute Gasteiger partial charge is 0.467 e. The van der Waals surface area contributed by atoms with Crippen molar-refractivity contribution in [2.24, 2.45) is 0 Å². The Labute approximate surface area is 143 Å². The van der Waals surface area contributed by atoms with Crippen LogP contribution >= 0.6 is 11.3 Å². The third kappa shape index (κ3) is 3.13. The molecule has 1 N–H and O–H groups in total. The first kappa shape index (κ1) is 15.2. The van der Waals surface area contributed by atoms with Gasteiger partial charge in [0.15, 0.2) is 5.13 Å². The van der Waals surface area contributed by atoms with Crippen molar-refractivity contribution in [1.82, 2.24) is 10.3 Å². The summed E-state index contributed by atoms with van der Waals surface area (Å²) in [4.78, 5) is 19.2. The first-order chi connectivity index (χ1) is 11.8. The van der Waals surface area contributed by atoms with E-state index in [-0.39, 0.29) is 5.91 Å². The lowest BCUT2D eigenvalue weighted by molar-refractivity contribution is 0.0948. The van der Waals surface area contributed by atoms with Gasteiger partial charge >= 0.3 is 0 Å². The lowest BCUT2D eigenvalue weighted by Crippen LogP contribution is -2.36. The van der Waals surface area contributed by atoms with Crippen molar-refractivity contribution in [3.8, 4) is 0 Å². The highest BCUT2D eigenvalue weighted by Gasteiger charge is 2.16. The Morgan fingerprint density at radius 2 is 2.17 bits per heavy atom. The van der Waals surface area contributed by atoms with Crippen LogP contribution in [0.1, 0.15) is 16.1 Å². The Morgan fingerprint density at radius 3 is 2.96 bits per heavy atom. The molecule has 1 amide bonds. The molecule has 0 saturated carbocycles. The van der Waals surface area contributed by atoms with Crippen molar-refractivity contribution in [3.05, 3.63) is 47.9 Å². The number of morpholine rings is 1. The number of hydrogen-bond acceptors (Lipinski definition) is 6. The van der Waals surface area contributed by atoms with Gasteiger partial charge in [-0.3, -0.25) is 4.79 Å². The monoisotopic (exact) mass is 343 g/mol. The number of rotatable bonds is 4. The molecule has 0 atom stereocenters. The van der Waals surface area contributed by atoms with Crippen LogP contribution in [0.4, 0.5) is 5.13 Å². The van der Waals surface area contributed by atoms with E-state index in [1.807, 2.05) is 24.3 Å². The molecule has 0 radical (unpaired) electrons. The van der Waals surface area contributed by atoms with Crippen LogP contribution in [0.15, 0.2) is 41.0 Å². The zero-order valence-corrected chi connectivity index (χ0v) is 13.8. The Kier molecular flexibility index (Phi) is 4.18. The molecule has 2 aromatic heterocycles. The van der Waals surface area contributed by atoms with Crippen molar-refractivity contribution < 1.29 is 13.9 Å². The molecule has 24 heavy (non-hydrogen) atoms. The van der Waals surface area contributed by atoms with Crippen molar-refractivity contribution in [2.45, 2.75) is 6.54 Å². The molecule has 0 aliphatic carbocycles. The number of furan rings is 1. The molecule has 124 valence electrons. The van der Waals surface area contributed by atoms with E-state index in [0.29, 0.717) is 12.1 Å². The van der Waals surface area contributed by atoms with Crippen LogP contribution < -0.4 is 10.2 Å². The van der Waals surface area contributed by atoms with Gasteiger partial charge in [0.25, 0.3) is 5.91 Å². The van der Waals surface area contributed by atoms with Crippen molar-refractivity contribution in [3.63, 3.8) is 0 Å². The van der Waals surface area contributed by atoms with Gasteiger partial charge in [-0.05, 0) is 30.3 Å². The molecule has 3 aromatic rings. The topological polar surface area (TPSA) is 67.6 Å². The van der Waals surface area contributed by atoms with Gasteiger partial charge in [0.05, 0.1) is 36.2 Å². The Balaban J connectivity index is 1.50. The molecule has 1 aliphatic rings. The maximum Gasteiger partial charge on any atom is 0.251 e. The summed E-state index contributed by atoms with van der Waals surface area (Å²) in [7, 11) is 0. The van der Waals surface area contributed by atoms with Crippen LogP contribution in [0.5, 0.6) is 0 Å². The minimum atomic E-state index is -0.116. The number of anilines is 1. The second-order valence-corrected chi connectivity index (χ2v) is 6.55. The standard InChI is InChI=1S/C17H17N3O3S/c21-16(18-11-13-2-1-7-23-13)12-3-4-14-15(10-12)24-17(19-14)20-5-8-22-9-6-20/h1-4,7,10H,5-6,8-9,11H2,(H,18,21). The second-order valence-electron chi connectivity index (χ2n) is 5.54. The van der Waals surface area contributed by atoms with Gasteiger partial charge in [-0.25, -0.2) is 4.98 Å². The fourth-order valence-corrected chi connectivity index (χ4v) is 3.68. The smallest absolute Gasteiger partial charge is 0.251 e. The number of ether oxygens (including phenoxy) is 1. The van der Waals surface area contributed by atoms with E-state index >= 15 is 0 Å². The van der Waals surface area contributed by atoms with Gasteiger partial charge < -0.3 is 19.4 Å². The molecule has 7 heteroatoms. The zero-order chi connectivity index (χ0) is 16.4. The van der Waals surface area contributed by atoms with Crippen LogP contribution in [-0.4, -0.2) is 37.2 Å². The van der Waals surface area contributed by atoms with E-state index in [9.17, 15) is 4.79 Å². The van der Waals surface area contributed by atoms with Crippen LogP contribution in [0.2, 0.25) is 0 Å². The van der Waals surface area contributed by atoms with Gasteiger partial charge in [0.2, 0.25) is 0 Å². The van der Waals surface area contributed by atoms with Crippen molar-refractivity contribution in [1.29, 1.82) is 0 Å². The highest BCUT2D eigenvalue weighted by atomic mass is 32.1. The molecule has 1 aliphatic heterocycles. The fourth-order valence-electron chi connectivity index (χ4n) is 2.63. The number of hydrogen-bond donors (Lipinski definition) is 1. The number of nitrogens with zero attached hydrogens (tertiary/aromatic N) is 2. The quantitative estimate of drug-likeness (QED) is 0.789. The highest BCUT2D eigenvalue weighted by Crippen LogP contribution is 2.30. The van der Waals surface area contributed by atoms with Gasteiger partial charge in [-0.2, -0.15) is 0 Å². The van der Waals surface area contributed by atoms with Crippen molar-refractivity contribution >= 4 is 32.6 Å². The summed E-state index contributed by atoms with van der Waals surface area (Å²) >= 11 is 1.61. The molecule has 1 saturated heterocycles. The number of benzene rings is 1. The van der Waals surface area contributed by atoms with Crippen LogP contribution in [-0.2, 0) is 11.3 Å². The number of aromatic nitrogens is 1. The molecular formula is C17H17N3O3S. The molecule has 0 spiro atoms. The number of carbonyl (C=O) groups excluding carboxylic acids is 1. The van der Waals surface area contributed by atoms with E-state index in [2.05, 4.69) is 15.2 Å². The number of nitrogens with one attached hydrogen (secondary N) is 1. The van der Waals surface area contributed by atoms with E-state index in [4.69, 9.17) is 9.15 Å². The van der Waals surface area contributed by atoms with E-state index in [0.717, 1.165) is 47.4 Å². The summed E-state index contributed by atoms with van der Waals surface area (Å²) in [5, 5.41) is 3.85. The van der Waals surface area contributed by atoms with Gasteiger partial charge in [0.1, 0.15) is 5.76 Å². The van der Waals surface area contributed by atoms with Gasteiger partial charge in [-0.1, -0.05) is 11.3 Å². The molecule has 0 bridgehead atoms. The van der Waals surface area contributed by atoms with E-state index < -0.39 is 0 Å². The average Bonchev–Trinajstić information content (AvgIpc) is 3.29. The lowest BCUT2D eigenvalue weighted by Gasteiger charge is -2.25. The highest BCUT2D eigenvalue weighted by molar-refractivity contribution is 7.22. The zero-order valence-electron chi connectivity index (χ0n) is 13.0. The molecular weight excluding hydrogens is 326 g/mol. The first-order valence-corrected chi connectivity index (χ1v) is 8.65. The van der Waals surface area contributed by atoms with Crippen LogP contribution in [0.25, 0.3) is 10.2 Å². The Morgan fingerprint density at radius 1 is 1.29 bits per heavy atom. The number of fused-ring (bicyclic) bond motifs is 1. The summed E-state index contributed by atoms with van der Waals surface area (Å²) in [6.07, 6.45) is 1.60. The second kappa shape index (κ2) is 6.62. The summed E-state index contributed by atoms with van der Waals surface area (Å²) in [6, 6.07) is 9.24. The first-order valence-electron chi connectivity index (χ1n) is 7.83. The minimum absolute atomic E-state index is 0.116. The molecule has 4 rings (SSSR count). The predicted molar refractivity (Wildman–Crippen MR) is 92.5 cm³/mol. The normalized spacial score (nSPS) is 14.9. The van der Waals surface area contributed by atoms with E-state index in [1.54, 1.807) is 23.7 Å². The van der Waals surface area contributed by atoms with E-state index in [1.165, 1.54) is 0 Å². The lowest BCUT2D eigenvalue weighted by atomic mass is 10.2. The maximum atomic E-state index is 12.3.